The Balaban J connectivity index is 1.75. The van der Waals surface area contributed by atoms with Crippen LogP contribution in [0.3, 0.4) is 0 Å². The van der Waals surface area contributed by atoms with Gasteiger partial charge in [-0.3, -0.25) is 0 Å². The zero-order valence-corrected chi connectivity index (χ0v) is 14.0. The third-order valence-electron chi connectivity index (χ3n) is 4.28. The van der Waals surface area contributed by atoms with Crippen LogP contribution in [0.2, 0.25) is 5.02 Å². The van der Waals surface area contributed by atoms with Gasteiger partial charge in [-0.2, -0.15) is 5.26 Å². The van der Waals surface area contributed by atoms with E-state index in [0.717, 1.165) is 36.7 Å². The number of rotatable bonds is 3. The number of aryl methyl sites for hydroxylation is 1. The minimum Gasteiger partial charge on any atom is -0.368 e. The van der Waals surface area contributed by atoms with Crippen LogP contribution in [-0.4, -0.2) is 36.1 Å². The molecule has 118 valence electrons. The van der Waals surface area contributed by atoms with E-state index in [1.54, 1.807) is 12.4 Å². The molecule has 0 spiro atoms. The predicted octanol–water partition coefficient (Wildman–Crippen LogP) is 3.03. The molecule has 0 saturated carbocycles. The van der Waals surface area contributed by atoms with Crippen LogP contribution in [0.1, 0.15) is 17.7 Å². The zero-order valence-electron chi connectivity index (χ0n) is 13.2. The number of nitriles is 1. The molecule has 2 aromatic rings. The van der Waals surface area contributed by atoms with Crippen molar-refractivity contribution < 1.29 is 0 Å². The molecule has 1 saturated heterocycles. The van der Waals surface area contributed by atoms with Crippen LogP contribution in [-0.2, 0) is 0 Å². The van der Waals surface area contributed by atoms with Crippen molar-refractivity contribution >= 4 is 23.1 Å². The fourth-order valence-corrected chi connectivity index (χ4v) is 3.23. The summed E-state index contributed by atoms with van der Waals surface area (Å²) in [6.45, 7) is 3.78. The van der Waals surface area contributed by atoms with E-state index < -0.39 is 0 Å². The summed E-state index contributed by atoms with van der Waals surface area (Å²) in [7, 11) is 2.07. The molecule has 0 amide bonds. The van der Waals surface area contributed by atoms with Gasteiger partial charge in [-0.1, -0.05) is 11.6 Å². The second-order valence-electron chi connectivity index (χ2n) is 5.80. The molecule has 2 heterocycles. The average Bonchev–Trinajstić information content (AvgIpc) is 3.03. The molecule has 1 aliphatic rings. The van der Waals surface area contributed by atoms with Crippen molar-refractivity contribution in [1.82, 2.24) is 9.97 Å². The van der Waals surface area contributed by atoms with Crippen molar-refractivity contribution in [3.8, 4) is 6.07 Å². The number of nitrogens with zero attached hydrogens (tertiary/aromatic N) is 5. The molecular weight excluding hydrogens is 310 g/mol. The number of halogens is 1. The summed E-state index contributed by atoms with van der Waals surface area (Å²) in [4.78, 5) is 13.0. The fourth-order valence-electron chi connectivity index (χ4n) is 2.93. The van der Waals surface area contributed by atoms with Crippen molar-refractivity contribution in [3.63, 3.8) is 0 Å². The monoisotopic (exact) mass is 327 g/mol. The normalized spacial score (nSPS) is 17.1. The van der Waals surface area contributed by atoms with Gasteiger partial charge in [0.1, 0.15) is 12.1 Å². The van der Waals surface area contributed by atoms with Crippen molar-refractivity contribution in [2.75, 3.05) is 29.9 Å². The van der Waals surface area contributed by atoms with Crippen LogP contribution < -0.4 is 9.80 Å². The van der Waals surface area contributed by atoms with Gasteiger partial charge >= 0.3 is 0 Å². The second kappa shape index (κ2) is 6.43. The maximum absolute atomic E-state index is 8.94. The summed E-state index contributed by atoms with van der Waals surface area (Å²) in [5.41, 5.74) is 2.54. The highest BCUT2D eigenvalue weighted by Crippen LogP contribution is 2.31. The molecular formula is C17H18ClN5. The molecule has 0 bridgehead atoms. The lowest BCUT2D eigenvalue weighted by Crippen LogP contribution is -2.35. The summed E-state index contributed by atoms with van der Waals surface area (Å²) >= 11 is 6.33. The Hall–Kier alpha value is -2.32. The Labute approximate surface area is 141 Å². The molecule has 1 aliphatic heterocycles. The van der Waals surface area contributed by atoms with Gasteiger partial charge in [0.05, 0.1) is 22.3 Å². The number of hydrogen-bond acceptors (Lipinski definition) is 5. The Morgan fingerprint density at radius 2 is 2.17 bits per heavy atom. The van der Waals surface area contributed by atoms with Gasteiger partial charge in [-0.15, -0.1) is 0 Å². The number of hydrogen-bond donors (Lipinski definition) is 0. The largest absolute Gasteiger partial charge is 0.368 e. The van der Waals surface area contributed by atoms with Crippen LogP contribution in [0.15, 0.2) is 30.6 Å². The van der Waals surface area contributed by atoms with Gasteiger partial charge in [-0.25, -0.2) is 9.97 Å². The lowest BCUT2D eigenvalue weighted by Gasteiger charge is -2.26. The first-order chi connectivity index (χ1) is 11.1. The maximum atomic E-state index is 8.94. The van der Waals surface area contributed by atoms with Crippen LogP contribution >= 0.6 is 11.6 Å². The van der Waals surface area contributed by atoms with Crippen LogP contribution in [0.25, 0.3) is 0 Å². The molecule has 0 N–H and O–H groups in total. The summed E-state index contributed by atoms with van der Waals surface area (Å²) < 4.78 is 0. The molecule has 1 fully saturated rings. The van der Waals surface area contributed by atoms with Crippen molar-refractivity contribution in [2.24, 2.45) is 0 Å². The SMILES string of the molecule is Cc1cc(N(C)C2CCN(c3ccc(C#N)cc3Cl)C2)ncn1. The Morgan fingerprint density at radius 3 is 2.87 bits per heavy atom. The molecule has 0 aliphatic carbocycles. The number of benzene rings is 1. The first-order valence-corrected chi connectivity index (χ1v) is 7.92. The van der Waals surface area contributed by atoms with E-state index in [4.69, 9.17) is 16.9 Å². The Morgan fingerprint density at radius 1 is 1.35 bits per heavy atom. The molecule has 23 heavy (non-hydrogen) atoms. The van der Waals surface area contributed by atoms with Gasteiger partial charge in [0.2, 0.25) is 0 Å². The Kier molecular flexibility index (Phi) is 4.35. The third kappa shape index (κ3) is 3.22. The van der Waals surface area contributed by atoms with E-state index in [2.05, 4.69) is 32.9 Å². The van der Waals surface area contributed by atoms with Crippen molar-refractivity contribution in [1.29, 1.82) is 5.26 Å². The lowest BCUT2D eigenvalue weighted by atomic mass is 10.2. The molecule has 0 radical (unpaired) electrons. The molecule has 1 unspecified atom stereocenters. The van der Waals surface area contributed by atoms with Crippen LogP contribution in [0.5, 0.6) is 0 Å². The molecule has 1 aromatic carbocycles. The van der Waals surface area contributed by atoms with Gasteiger partial charge in [0.15, 0.2) is 0 Å². The zero-order chi connectivity index (χ0) is 16.4. The van der Waals surface area contributed by atoms with Gasteiger partial charge < -0.3 is 9.80 Å². The third-order valence-corrected chi connectivity index (χ3v) is 4.58. The molecule has 6 heteroatoms. The highest BCUT2D eigenvalue weighted by molar-refractivity contribution is 6.33. The van der Waals surface area contributed by atoms with Gasteiger partial charge in [0, 0.05) is 37.9 Å². The van der Waals surface area contributed by atoms with Crippen molar-refractivity contribution in [3.05, 3.63) is 46.9 Å². The number of likely N-dealkylation sites (N-methyl/N-ethyl adjacent to an activating group) is 1. The minimum absolute atomic E-state index is 0.371. The molecule has 1 atom stereocenters. The fraction of sp³-hybridized carbons (Fsp3) is 0.353. The maximum Gasteiger partial charge on any atom is 0.132 e. The number of anilines is 2. The van der Waals surface area contributed by atoms with E-state index in [-0.39, 0.29) is 0 Å². The quantitative estimate of drug-likeness (QED) is 0.867. The van der Waals surface area contributed by atoms with Crippen LogP contribution in [0, 0.1) is 18.3 Å². The van der Waals surface area contributed by atoms with Crippen molar-refractivity contribution in [2.45, 2.75) is 19.4 Å². The topological polar surface area (TPSA) is 56.0 Å². The molecule has 1 aromatic heterocycles. The summed E-state index contributed by atoms with van der Waals surface area (Å²) in [6.07, 6.45) is 2.64. The lowest BCUT2D eigenvalue weighted by molar-refractivity contribution is 0.683. The van der Waals surface area contributed by atoms with E-state index >= 15 is 0 Å². The molecule has 5 nitrogen and oxygen atoms in total. The van der Waals surface area contributed by atoms with E-state index in [0.29, 0.717) is 16.6 Å². The predicted molar refractivity (Wildman–Crippen MR) is 92.0 cm³/mol. The first-order valence-electron chi connectivity index (χ1n) is 7.54. The highest BCUT2D eigenvalue weighted by Gasteiger charge is 2.27. The summed E-state index contributed by atoms with van der Waals surface area (Å²) in [6, 6.07) is 9.95. The Bertz CT molecular complexity index is 755. The summed E-state index contributed by atoms with van der Waals surface area (Å²) in [5.74, 6) is 0.940. The first kappa shape index (κ1) is 15.6. The molecule has 3 rings (SSSR count). The van der Waals surface area contributed by atoms with E-state index in [1.807, 2.05) is 25.1 Å². The van der Waals surface area contributed by atoms with E-state index in [1.165, 1.54) is 0 Å². The minimum atomic E-state index is 0.371. The smallest absolute Gasteiger partial charge is 0.132 e. The second-order valence-corrected chi connectivity index (χ2v) is 6.20. The summed E-state index contributed by atoms with van der Waals surface area (Å²) in [5, 5.41) is 9.57. The van der Waals surface area contributed by atoms with E-state index in [9.17, 15) is 0 Å². The standard InChI is InChI=1S/C17H18ClN5/c1-12-7-17(21-11-20-12)22(2)14-5-6-23(10-14)16-4-3-13(9-19)8-15(16)18/h3-4,7-8,11,14H,5-6,10H2,1-2H3. The van der Waals surface area contributed by atoms with Gasteiger partial charge in [-0.05, 0) is 31.5 Å². The van der Waals surface area contributed by atoms with Gasteiger partial charge in [0.25, 0.3) is 0 Å². The number of aromatic nitrogens is 2. The average molecular weight is 328 g/mol. The highest BCUT2D eigenvalue weighted by atomic mass is 35.5. The van der Waals surface area contributed by atoms with Crippen LogP contribution in [0.4, 0.5) is 11.5 Å².